The van der Waals surface area contributed by atoms with Gasteiger partial charge in [-0.05, 0) is 22.6 Å². The standard InChI is InChI=1S/C10H8F4INO3/c1-18-7(17)2-6-8(15)9(19-10(12,13)14)5(3-11)4-16-6/h4H,2-3H2,1H3. The summed E-state index contributed by atoms with van der Waals surface area (Å²) in [6, 6.07) is 0. The van der Waals surface area contributed by atoms with Gasteiger partial charge in [0.05, 0.1) is 22.8 Å². The molecule has 0 aromatic carbocycles. The predicted octanol–water partition coefficient (Wildman–Crippen LogP) is 2.77. The van der Waals surface area contributed by atoms with Crippen molar-refractivity contribution in [2.24, 2.45) is 0 Å². The van der Waals surface area contributed by atoms with Crippen LogP contribution in [0.2, 0.25) is 0 Å². The largest absolute Gasteiger partial charge is 0.573 e. The van der Waals surface area contributed by atoms with Crippen molar-refractivity contribution >= 4 is 28.6 Å². The number of hydrogen-bond donors (Lipinski definition) is 0. The van der Waals surface area contributed by atoms with Gasteiger partial charge in [-0.3, -0.25) is 9.78 Å². The minimum atomic E-state index is -4.95. The zero-order valence-electron chi connectivity index (χ0n) is 9.55. The van der Waals surface area contributed by atoms with Crippen LogP contribution in [0.3, 0.4) is 0 Å². The number of hydrogen-bond acceptors (Lipinski definition) is 4. The first-order valence-electron chi connectivity index (χ1n) is 4.83. The highest BCUT2D eigenvalue weighted by atomic mass is 127. The summed E-state index contributed by atoms with van der Waals surface area (Å²) in [7, 11) is 1.14. The summed E-state index contributed by atoms with van der Waals surface area (Å²) in [6.45, 7) is -1.16. The molecule has 0 saturated heterocycles. The Labute approximate surface area is 119 Å². The Bertz CT molecular complexity index is 479. The molecule has 0 radical (unpaired) electrons. The molecule has 0 atom stereocenters. The van der Waals surface area contributed by atoms with Gasteiger partial charge in [-0.15, -0.1) is 13.2 Å². The van der Waals surface area contributed by atoms with Crippen LogP contribution in [0.5, 0.6) is 5.75 Å². The van der Waals surface area contributed by atoms with E-state index in [1.54, 1.807) is 0 Å². The fourth-order valence-electron chi connectivity index (χ4n) is 1.20. The average Bonchev–Trinajstić information content (AvgIpc) is 2.32. The molecule has 1 rings (SSSR count). The Hall–Kier alpha value is -1.13. The zero-order chi connectivity index (χ0) is 14.6. The third kappa shape index (κ3) is 4.48. The van der Waals surface area contributed by atoms with Crippen LogP contribution in [0.15, 0.2) is 6.20 Å². The Kier molecular flexibility index (Phi) is 5.32. The summed E-state index contributed by atoms with van der Waals surface area (Å²) in [6.07, 6.45) is -4.37. The molecule has 0 N–H and O–H groups in total. The third-order valence-electron chi connectivity index (χ3n) is 2.02. The predicted molar refractivity (Wildman–Crippen MR) is 64.2 cm³/mol. The Morgan fingerprint density at radius 3 is 2.58 bits per heavy atom. The average molecular weight is 393 g/mol. The van der Waals surface area contributed by atoms with Gasteiger partial charge in [-0.1, -0.05) is 0 Å². The summed E-state index contributed by atoms with van der Waals surface area (Å²) < 4.78 is 57.4. The van der Waals surface area contributed by atoms with E-state index in [1.807, 2.05) is 0 Å². The number of ether oxygens (including phenoxy) is 2. The lowest BCUT2D eigenvalue weighted by Gasteiger charge is -2.15. The summed E-state index contributed by atoms with van der Waals surface area (Å²) in [5, 5.41) is 0. The minimum Gasteiger partial charge on any atom is -0.469 e. The molecule has 0 bridgehead atoms. The molecule has 0 unspecified atom stereocenters. The molecule has 19 heavy (non-hydrogen) atoms. The van der Waals surface area contributed by atoms with E-state index in [0.29, 0.717) is 0 Å². The van der Waals surface area contributed by atoms with Gasteiger partial charge in [0.25, 0.3) is 0 Å². The van der Waals surface area contributed by atoms with Crippen molar-refractivity contribution in [3.8, 4) is 5.75 Å². The number of carbonyl (C=O) groups is 1. The van der Waals surface area contributed by atoms with E-state index in [2.05, 4.69) is 14.5 Å². The third-order valence-corrected chi connectivity index (χ3v) is 3.13. The molecule has 0 saturated carbocycles. The molecule has 0 fully saturated rings. The normalized spacial score (nSPS) is 11.3. The first-order chi connectivity index (χ1) is 8.78. The lowest BCUT2D eigenvalue weighted by Crippen LogP contribution is -2.20. The van der Waals surface area contributed by atoms with E-state index >= 15 is 0 Å². The number of aromatic nitrogens is 1. The maximum atomic E-state index is 12.6. The molecule has 0 amide bonds. The topological polar surface area (TPSA) is 48.4 Å². The number of esters is 1. The van der Waals surface area contributed by atoms with Crippen molar-refractivity contribution in [1.29, 1.82) is 0 Å². The first kappa shape index (κ1) is 15.9. The molecular formula is C10H8F4INO3. The van der Waals surface area contributed by atoms with Crippen LogP contribution in [0, 0.1) is 3.57 Å². The van der Waals surface area contributed by atoms with E-state index in [9.17, 15) is 22.4 Å². The van der Waals surface area contributed by atoms with Gasteiger partial charge in [-0.25, -0.2) is 4.39 Å². The molecule has 0 aliphatic carbocycles. The van der Waals surface area contributed by atoms with E-state index in [0.717, 1.165) is 13.3 Å². The highest BCUT2D eigenvalue weighted by molar-refractivity contribution is 14.1. The number of alkyl halides is 4. The van der Waals surface area contributed by atoms with E-state index in [-0.39, 0.29) is 21.2 Å². The lowest BCUT2D eigenvalue weighted by molar-refractivity contribution is -0.275. The quantitative estimate of drug-likeness (QED) is 0.449. The summed E-state index contributed by atoms with van der Waals surface area (Å²) >= 11 is 1.52. The number of carbonyl (C=O) groups excluding carboxylic acids is 1. The van der Waals surface area contributed by atoms with E-state index in [4.69, 9.17) is 0 Å². The number of nitrogens with zero attached hydrogens (tertiary/aromatic N) is 1. The molecule has 9 heteroatoms. The monoisotopic (exact) mass is 393 g/mol. The van der Waals surface area contributed by atoms with Crippen molar-refractivity contribution < 1.29 is 31.8 Å². The molecule has 0 spiro atoms. The molecule has 0 aliphatic rings. The Balaban J connectivity index is 3.18. The van der Waals surface area contributed by atoms with Crippen LogP contribution >= 0.6 is 22.6 Å². The smallest absolute Gasteiger partial charge is 0.469 e. The van der Waals surface area contributed by atoms with Crippen LogP contribution in [0.4, 0.5) is 17.6 Å². The molecule has 1 aromatic heterocycles. The highest BCUT2D eigenvalue weighted by Gasteiger charge is 2.34. The Morgan fingerprint density at radius 2 is 2.11 bits per heavy atom. The van der Waals surface area contributed by atoms with Crippen molar-refractivity contribution in [3.63, 3.8) is 0 Å². The molecular weight excluding hydrogens is 385 g/mol. The Morgan fingerprint density at radius 1 is 1.47 bits per heavy atom. The van der Waals surface area contributed by atoms with E-state index < -0.39 is 24.8 Å². The lowest BCUT2D eigenvalue weighted by atomic mass is 10.2. The van der Waals surface area contributed by atoms with Crippen LogP contribution in [0.25, 0.3) is 0 Å². The van der Waals surface area contributed by atoms with Gasteiger partial charge in [0.1, 0.15) is 6.67 Å². The SMILES string of the molecule is COC(=O)Cc1ncc(CF)c(OC(F)(F)F)c1I. The van der Waals surface area contributed by atoms with Gasteiger partial charge < -0.3 is 9.47 Å². The van der Waals surface area contributed by atoms with Crippen LogP contribution in [0.1, 0.15) is 11.3 Å². The van der Waals surface area contributed by atoms with Gasteiger partial charge >= 0.3 is 12.3 Å². The second-order valence-electron chi connectivity index (χ2n) is 3.31. The highest BCUT2D eigenvalue weighted by Crippen LogP contribution is 2.33. The van der Waals surface area contributed by atoms with Crippen LogP contribution < -0.4 is 4.74 Å². The zero-order valence-corrected chi connectivity index (χ0v) is 11.7. The molecule has 0 aliphatic heterocycles. The number of methoxy groups -OCH3 is 1. The second kappa shape index (κ2) is 6.35. The maximum absolute atomic E-state index is 12.6. The number of pyridine rings is 1. The van der Waals surface area contributed by atoms with Gasteiger partial charge in [0.2, 0.25) is 0 Å². The molecule has 1 aromatic rings. The van der Waals surface area contributed by atoms with Crippen molar-refractivity contribution in [3.05, 3.63) is 21.0 Å². The van der Waals surface area contributed by atoms with Gasteiger partial charge in [0, 0.05) is 11.8 Å². The minimum absolute atomic E-state index is 0.0314. The number of rotatable bonds is 4. The molecule has 106 valence electrons. The van der Waals surface area contributed by atoms with Gasteiger partial charge in [0.15, 0.2) is 5.75 Å². The fourth-order valence-corrected chi connectivity index (χ4v) is 1.98. The van der Waals surface area contributed by atoms with Crippen molar-refractivity contribution in [2.45, 2.75) is 19.5 Å². The fraction of sp³-hybridized carbons (Fsp3) is 0.400. The van der Waals surface area contributed by atoms with Crippen LogP contribution in [-0.4, -0.2) is 24.4 Å². The van der Waals surface area contributed by atoms with E-state index in [1.165, 1.54) is 22.6 Å². The second-order valence-corrected chi connectivity index (χ2v) is 4.39. The maximum Gasteiger partial charge on any atom is 0.573 e. The molecule has 1 heterocycles. The first-order valence-corrected chi connectivity index (χ1v) is 5.91. The van der Waals surface area contributed by atoms with Crippen molar-refractivity contribution in [1.82, 2.24) is 4.98 Å². The number of halogens is 5. The van der Waals surface area contributed by atoms with Gasteiger partial charge in [-0.2, -0.15) is 0 Å². The summed E-state index contributed by atoms with van der Waals surface area (Å²) in [5.74, 6) is -1.35. The van der Waals surface area contributed by atoms with Crippen molar-refractivity contribution in [2.75, 3.05) is 7.11 Å². The summed E-state index contributed by atoms with van der Waals surface area (Å²) in [4.78, 5) is 14.8. The molecule has 4 nitrogen and oxygen atoms in total. The summed E-state index contributed by atoms with van der Waals surface area (Å²) in [5.41, 5.74) is -0.306. The van der Waals surface area contributed by atoms with Crippen LogP contribution in [-0.2, 0) is 22.6 Å².